The molecule has 0 amide bonds. The van der Waals surface area contributed by atoms with Gasteiger partial charge in [0, 0.05) is 11.3 Å². The lowest BCUT2D eigenvalue weighted by atomic mass is 9.90. The van der Waals surface area contributed by atoms with Crippen molar-refractivity contribution >= 4 is 11.3 Å². The van der Waals surface area contributed by atoms with Gasteiger partial charge in [0.25, 0.3) is 0 Å². The van der Waals surface area contributed by atoms with E-state index >= 15 is 0 Å². The maximum atomic E-state index is 10.4. The highest BCUT2D eigenvalue weighted by molar-refractivity contribution is 7.09. The molecule has 2 heteroatoms. The lowest BCUT2D eigenvalue weighted by Gasteiger charge is -2.25. The number of rotatable bonds is 2. The first-order valence-electron chi connectivity index (χ1n) is 5.53. The van der Waals surface area contributed by atoms with Gasteiger partial charge < -0.3 is 5.11 Å². The molecule has 1 N–H and O–H groups in total. The predicted octanol–water partition coefficient (Wildman–Crippen LogP) is 3.38. The molecule has 1 fully saturated rings. The summed E-state index contributed by atoms with van der Waals surface area (Å²) in [7, 11) is 0. The van der Waals surface area contributed by atoms with E-state index in [2.05, 4.69) is 17.5 Å². The van der Waals surface area contributed by atoms with E-state index in [4.69, 9.17) is 0 Å². The molecular formula is C12H18OS. The third-order valence-corrected chi connectivity index (χ3v) is 3.99. The standard InChI is InChI=1S/C12H18OS/c13-12(7-3-1-2-4-8-12)10-11-6-5-9-14-11/h5-6,9,13H,1-4,7-8,10H2. The quantitative estimate of drug-likeness (QED) is 0.742. The lowest BCUT2D eigenvalue weighted by Crippen LogP contribution is -2.30. The van der Waals surface area contributed by atoms with Crippen LogP contribution in [0.5, 0.6) is 0 Å². The second kappa shape index (κ2) is 4.45. The lowest BCUT2D eigenvalue weighted by molar-refractivity contribution is 0.0260. The van der Waals surface area contributed by atoms with E-state index in [1.807, 2.05) is 0 Å². The molecule has 78 valence electrons. The van der Waals surface area contributed by atoms with Crippen LogP contribution in [0.4, 0.5) is 0 Å². The predicted molar refractivity (Wildman–Crippen MR) is 60.7 cm³/mol. The molecule has 1 heterocycles. The van der Waals surface area contributed by atoms with Crippen LogP contribution in [0.3, 0.4) is 0 Å². The normalized spacial score (nSPS) is 21.8. The van der Waals surface area contributed by atoms with Crippen LogP contribution >= 0.6 is 11.3 Å². The summed E-state index contributed by atoms with van der Waals surface area (Å²) in [4.78, 5) is 1.33. The molecule has 0 radical (unpaired) electrons. The molecule has 0 unspecified atom stereocenters. The zero-order valence-electron chi connectivity index (χ0n) is 8.54. The number of aliphatic hydroxyl groups is 1. The van der Waals surface area contributed by atoms with Gasteiger partial charge in [-0.2, -0.15) is 0 Å². The fraction of sp³-hybridized carbons (Fsp3) is 0.667. The van der Waals surface area contributed by atoms with Gasteiger partial charge in [-0.3, -0.25) is 0 Å². The first kappa shape index (κ1) is 10.2. The molecule has 2 rings (SSSR count). The fourth-order valence-electron chi connectivity index (χ4n) is 2.30. The molecule has 14 heavy (non-hydrogen) atoms. The molecule has 1 aromatic rings. The minimum Gasteiger partial charge on any atom is -0.390 e. The van der Waals surface area contributed by atoms with Crippen molar-refractivity contribution in [2.75, 3.05) is 0 Å². The van der Waals surface area contributed by atoms with Crippen LogP contribution in [0, 0.1) is 0 Å². The van der Waals surface area contributed by atoms with Crippen LogP contribution in [-0.4, -0.2) is 10.7 Å². The van der Waals surface area contributed by atoms with Crippen LogP contribution in [0.1, 0.15) is 43.4 Å². The van der Waals surface area contributed by atoms with E-state index in [-0.39, 0.29) is 0 Å². The van der Waals surface area contributed by atoms with E-state index in [1.54, 1.807) is 11.3 Å². The van der Waals surface area contributed by atoms with Gasteiger partial charge in [-0.25, -0.2) is 0 Å². The molecule has 1 aromatic heterocycles. The monoisotopic (exact) mass is 210 g/mol. The average Bonchev–Trinajstić information content (AvgIpc) is 2.55. The summed E-state index contributed by atoms with van der Waals surface area (Å²) in [6, 6.07) is 4.20. The van der Waals surface area contributed by atoms with Crippen LogP contribution < -0.4 is 0 Å². The largest absolute Gasteiger partial charge is 0.390 e. The molecular weight excluding hydrogens is 192 g/mol. The summed E-state index contributed by atoms with van der Waals surface area (Å²) in [5, 5.41) is 12.5. The highest BCUT2D eigenvalue weighted by Crippen LogP contribution is 2.31. The average molecular weight is 210 g/mol. The van der Waals surface area contributed by atoms with Crippen molar-refractivity contribution < 1.29 is 5.11 Å². The van der Waals surface area contributed by atoms with Gasteiger partial charge in [-0.05, 0) is 24.3 Å². The number of hydrogen-bond donors (Lipinski definition) is 1. The minimum atomic E-state index is -0.401. The Hall–Kier alpha value is -0.340. The maximum Gasteiger partial charge on any atom is 0.0695 e. The Morgan fingerprint density at radius 2 is 1.93 bits per heavy atom. The summed E-state index contributed by atoms with van der Waals surface area (Å²) in [6.45, 7) is 0. The zero-order chi connectivity index (χ0) is 9.86. The van der Waals surface area contributed by atoms with Crippen molar-refractivity contribution in [2.24, 2.45) is 0 Å². The molecule has 1 aliphatic rings. The molecule has 1 saturated carbocycles. The van der Waals surface area contributed by atoms with Gasteiger partial charge in [0.2, 0.25) is 0 Å². The van der Waals surface area contributed by atoms with Crippen molar-refractivity contribution in [3.8, 4) is 0 Å². The van der Waals surface area contributed by atoms with Gasteiger partial charge in [-0.1, -0.05) is 31.7 Å². The van der Waals surface area contributed by atoms with Crippen LogP contribution in [0.15, 0.2) is 17.5 Å². The van der Waals surface area contributed by atoms with Gasteiger partial charge >= 0.3 is 0 Å². The minimum absolute atomic E-state index is 0.401. The first-order chi connectivity index (χ1) is 6.79. The third kappa shape index (κ3) is 2.58. The van der Waals surface area contributed by atoms with Crippen molar-refractivity contribution in [1.29, 1.82) is 0 Å². The van der Waals surface area contributed by atoms with Crippen molar-refractivity contribution in [3.05, 3.63) is 22.4 Å². The summed E-state index contributed by atoms with van der Waals surface area (Å²) in [5.74, 6) is 0. The summed E-state index contributed by atoms with van der Waals surface area (Å²) < 4.78 is 0. The Morgan fingerprint density at radius 3 is 2.50 bits per heavy atom. The molecule has 0 aliphatic heterocycles. The molecule has 0 atom stereocenters. The van der Waals surface area contributed by atoms with Crippen molar-refractivity contribution in [2.45, 2.75) is 50.5 Å². The fourth-order valence-corrected chi connectivity index (χ4v) is 3.14. The summed E-state index contributed by atoms with van der Waals surface area (Å²) in [6.07, 6.45) is 7.84. The molecule has 0 aromatic carbocycles. The highest BCUT2D eigenvalue weighted by Gasteiger charge is 2.28. The van der Waals surface area contributed by atoms with Crippen LogP contribution in [0.25, 0.3) is 0 Å². The smallest absolute Gasteiger partial charge is 0.0695 e. The van der Waals surface area contributed by atoms with Gasteiger partial charge in [0.15, 0.2) is 0 Å². The molecule has 0 saturated heterocycles. The Balaban J connectivity index is 1.99. The summed E-state index contributed by atoms with van der Waals surface area (Å²) >= 11 is 1.76. The van der Waals surface area contributed by atoms with Crippen molar-refractivity contribution in [3.63, 3.8) is 0 Å². The maximum absolute atomic E-state index is 10.4. The number of thiophene rings is 1. The molecule has 1 aliphatic carbocycles. The Bertz CT molecular complexity index is 258. The highest BCUT2D eigenvalue weighted by atomic mass is 32.1. The first-order valence-corrected chi connectivity index (χ1v) is 6.41. The Labute approximate surface area is 89.8 Å². The molecule has 0 bridgehead atoms. The van der Waals surface area contributed by atoms with Crippen LogP contribution in [-0.2, 0) is 6.42 Å². The Morgan fingerprint density at radius 1 is 1.21 bits per heavy atom. The SMILES string of the molecule is OC1(Cc2cccs2)CCCCCC1. The molecule has 0 spiro atoms. The third-order valence-electron chi connectivity index (χ3n) is 3.12. The van der Waals surface area contributed by atoms with E-state index in [1.165, 1.54) is 30.6 Å². The van der Waals surface area contributed by atoms with E-state index in [0.29, 0.717) is 0 Å². The van der Waals surface area contributed by atoms with Crippen molar-refractivity contribution in [1.82, 2.24) is 0 Å². The second-order valence-electron chi connectivity index (χ2n) is 4.39. The van der Waals surface area contributed by atoms with E-state index in [9.17, 15) is 5.11 Å². The summed E-state index contributed by atoms with van der Waals surface area (Å²) in [5.41, 5.74) is -0.401. The van der Waals surface area contributed by atoms with E-state index in [0.717, 1.165) is 19.3 Å². The van der Waals surface area contributed by atoms with Gasteiger partial charge in [0.05, 0.1) is 5.60 Å². The van der Waals surface area contributed by atoms with Gasteiger partial charge in [-0.15, -0.1) is 11.3 Å². The second-order valence-corrected chi connectivity index (χ2v) is 5.43. The van der Waals surface area contributed by atoms with E-state index < -0.39 is 5.60 Å². The Kier molecular flexibility index (Phi) is 3.24. The van der Waals surface area contributed by atoms with Gasteiger partial charge in [0.1, 0.15) is 0 Å². The number of hydrogen-bond acceptors (Lipinski definition) is 2. The van der Waals surface area contributed by atoms with Crippen LogP contribution in [0.2, 0.25) is 0 Å². The topological polar surface area (TPSA) is 20.2 Å². The zero-order valence-corrected chi connectivity index (χ0v) is 9.35. The molecule has 1 nitrogen and oxygen atoms in total.